The van der Waals surface area contributed by atoms with E-state index < -0.39 is 11.9 Å². The molecule has 1 heterocycles. The lowest BCUT2D eigenvalue weighted by molar-refractivity contribution is -0.139. The van der Waals surface area contributed by atoms with E-state index in [-0.39, 0.29) is 16.9 Å². The van der Waals surface area contributed by atoms with Gasteiger partial charge in [0.15, 0.2) is 17.3 Å². The first kappa shape index (κ1) is 22.9. The lowest BCUT2D eigenvalue weighted by atomic mass is 9.68. The summed E-state index contributed by atoms with van der Waals surface area (Å²) in [5.74, 6) is -0.591. The molecule has 0 aromatic heterocycles. The Morgan fingerprint density at radius 3 is 2.68 bits per heavy atom. The van der Waals surface area contributed by atoms with Crippen molar-refractivity contribution in [3.05, 3.63) is 46.3 Å². The SMILES string of the molecule is CCCCOC(=O)C1=C(C)NC2=C(C(=O)CC(C)(C)C2)C1c1ccc(O)c(OCC)c1. The summed E-state index contributed by atoms with van der Waals surface area (Å²) in [5.41, 5.74) is 3.18. The molecule has 0 saturated heterocycles. The van der Waals surface area contributed by atoms with E-state index in [4.69, 9.17) is 9.47 Å². The third-order valence-corrected chi connectivity index (χ3v) is 5.81. The van der Waals surface area contributed by atoms with Crippen LogP contribution >= 0.6 is 0 Å². The minimum atomic E-state index is -0.561. The molecule has 1 aromatic rings. The molecule has 6 nitrogen and oxygen atoms in total. The quantitative estimate of drug-likeness (QED) is 0.483. The lowest BCUT2D eigenvalue weighted by Gasteiger charge is -2.39. The second-order valence-electron chi connectivity index (χ2n) is 9.08. The minimum Gasteiger partial charge on any atom is -0.504 e. The number of allylic oxidation sites excluding steroid dienone is 3. The van der Waals surface area contributed by atoms with Crippen molar-refractivity contribution < 1.29 is 24.2 Å². The molecule has 168 valence electrons. The van der Waals surface area contributed by atoms with Gasteiger partial charge in [-0.1, -0.05) is 33.3 Å². The van der Waals surface area contributed by atoms with Crippen molar-refractivity contribution in [1.82, 2.24) is 5.32 Å². The fraction of sp³-hybridized carbons (Fsp3) is 0.520. The van der Waals surface area contributed by atoms with E-state index in [2.05, 4.69) is 19.2 Å². The topological polar surface area (TPSA) is 84.9 Å². The van der Waals surface area contributed by atoms with Crippen LogP contribution in [0.5, 0.6) is 11.5 Å². The number of unbranched alkanes of at least 4 members (excludes halogenated alkanes) is 1. The maximum Gasteiger partial charge on any atom is 0.336 e. The van der Waals surface area contributed by atoms with Crippen molar-refractivity contribution in [3.8, 4) is 11.5 Å². The van der Waals surface area contributed by atoms with Crippen molar-refractivity contribution in [2.24, 2.45) is 5.41 Å². The van der Waals surface area contributed by atoms with Crippen LogP contribution in [0.15, 0.2) is 40.7 Å². The van der Waals surface area contributed by atoms with Gasteiger partial charge in [-0.25, -0.2) is 4.79 Å². The van der Waals surface area contributed by atoms with Gasteiger partial charge in [0, 0.05) is 29.3 Å². The molecule has 2 N–H and O–H groups in total. The molecule has 0 radical (unpaired) electrons. The first-order valence-corrected chi connectivity index (χ1v) is 11.0. The third-order valence-electron chi connectivity index (χ3n) is 5.81. The number of esters is 1. The molecule has 6 heteroatoms. The summed E-state index contributed by atoms with van der Waals surface area (Å²) in [7, 11) is 0. The van der Waals surface area contributed by atoms with Crippen molar-refractivity contribution in [2.45, 2.75) is 66.2 Å². The Kier molecular flexibility index (Phi) is 6.77. The zero-order valence-electron chi connectivity index (χ0n) is 19.1. The molecule has 0 spiro atoms. The summed E-state index contributed by atoms with van der Waals surface area (Å²) in [4.78, 5) is 26.4. The molecule has 1 aromatic carbocycles. The normalized spacial score (nSPS) is 20.3. The van der Waals surface area contributed by atoms with Crippen LogP contribution in [0.3, 0.4) is 0 Å². The standard InChI is InChI=1S/C25H33NO5/c1-6-8-11-31-24(29)21-15(3)26-17-13-25(4,5)14-19(28)23(17)22(21)16-9-10-18(27)20(12-16)30-7-2/h9-10,12,22,26-27H,6-8,11,13-14H2,1-5H3. The summed E-state index contributed by atoms with van der Waals surface area (Å²) >= 11 is 0. The zero-order valence-corrected chi connectivity index (χ0v) is 19.1. The molecular weight excluding hydrogens is 394 g/mol. The number of carbonyl (C=O) groups is 2. The Hall–Kier alpha value is -2.76. The van der Waals surface area contributed by atoms with Crippen LogP contribution in [-0.4, -0.2) is 30.1 Å². The first-order chi connectivity index (χ1) is 14.7. The van der Waals surface area contributed by atoms with Gasteiger partial charge in [0.05, 0.1) is 18.8 Å². The number of benzene rings is 1. The highest BCUT2D eigenvalue weighted by Crippen LogP contribution is 2.47. The van der Waals surface area contributed by atoms with E-state index in [9.17, 15) is 14.7 Å². The first-order valence-electron chi connectivity index (χ1n) is 11.0. The van der Waals surface area contributed by atoms with Gasteiger partial charge in [-0.15, -0.1) is 0 Å². The average molecular weight is 428 g/mol. The van der Waals surface area contributed by atoms with Crippen molar-refractivity contribution >= 4 is 11.8 Å². The molecule has 1 unspecified atom stereocenters. The molecule has 1 atom stereocenters. The summed E-state index contributed by atoms with van der Waals surface area (Å²) in [6.45, 7) is 10.6. The smallest absolute Gasteiger partial charge is 0.336 e. The number of ether oxygens (including phenoxy) is 2. The van der Waals surface area contributed by atoms with Crippen LogP contribution in [0.1, 0.15) is 71.8 Å². The van der Waals surface area contributed by atoms with Crippen LogP contribution in [0.4, 0.5) is 0 Å². The molecule has 0 saturated carbocycles. The van der Waals surface area contributed by atoms with E-state index in [1.165, 1.54) is 0 Å². The van der Waals surface area contributed by atoms with Gasteiger partial charge in [-0.3, -0.25) is 4.79 Å². The second-order valence-corrected chi connectivity index (χ2v) is 9.08. The fourth-order valence-corrected chi connectivity index (χ4v) is 4.41. The molecule has 3 rings (SSSR count). The molecule has 31 heavy (non-hydrogen) atoms. The second kappa shape index (κ2) is 9.16. The number of phenolic OH excluding ortho intramolecular Hbond substituents is 1. The van der Waals surface area contributed by atoms with Crippen molar-refractivity contribution in [3.63, 3.8) is 0 Å². The predicted molar refractivity (Wildman–Crippen MR) is 119 cm³/mol. The highest BCUT2D eigenvalue weighted by atomic mass is 16.5. The molecule has 0 bridgehead atoms. The summed E-state index contributed by atoms with van der Waals surface area (Å²) in [5, 5.41) is 13.5. The Morgan fingerprint density at radius 1 is 1.26 bits per heavy atom. The largest absolute Gasteiger partial charge is 0.504 e. The Bertz CT molecular complexity index is 941. The zero-order chi connectivity index (χ0) is 22.8. The molecular formula is C25H33NO5. The molecule has 2 aliphatic rings. The minimum absolute atomic E-state index is 0.0256. The maximum absolute atomic E-state index is 13.3. The van der Waals surface area contributed by atoms with Gasteiger partial charge in [-0.2, -0.15) is 0 Å². The number of hydrogen-bond acceptors (Lipinski definition) is 6. The van der Waals surface area contributed by atoms with E-state index in [0.717, 1.165) is 30.5 Å². The monoisotopic (exact) mass is 427 g/mol. The molecule has 0 fully saturated rings. The maximum atomic E-state index is 13.3. The van der Waals surface area contributed by atoms with E-state index >= 15 is 0 Å². The highest BCUT2D eigenvalue weighted by Gasteiger charge is 2.43. The van der Waals surface area contributed by atoms with Gasteiger partial charge >= 0.3 is 5.97 Å². The number of aromatic hydroxyl groups is 1. The number of rotatable bonds is 7. The Balaban J connectivity index is 2.12. The third kappa shape index (κ3) is 4.78. The summed E-state index contributed by atoms with van der Waals surface area (Å²) < 4.78 is 11.1. The van der Waals surface area contributed by atoms with Gasteiger partial charge in [0.2, 0.25) is 0 Å². The van der Waals surface area contributed by atoms with Crippen LogP contribution in [0.2, 0.25) is 0 Å². The number of hydrogen-bond donors (Lipinski definition) is 2. The Labute approximate surface area is 184 Å². The van der Waals surface area contributed by atoms with Gasteiger partial charge in [-0.05, 0) is 49.8 Å². The molecule has 1 aliphatic heterocycles. The van der Waals surface area contributed by atoms with E-state index in [1.54, 1.807) is 18.2 Å². The summed E-state index contributed by atoms with van der Waals surface area (Å²) in [6.07, 6.45) is 2.84. The van der Waals surface area contributed by atoms with Crippen LogP contribution in [0, 0.1) is 5.41 Å². The number of ketones is 1. The van der Waals surface area contributed by atoms with E-state index in [0.29, 0.717) is 42.2 Å². The number of Topliss-reactive ketones (excluding diaryl/α,β-unsaturated/α-hetero) is 1. The lowest BCUT2D eigenvalue weighted by Crippen LogP contribution is -2.38. The van der Waals surface area contributed by atoms with Crippen LogP contribution < -0.4 is 10.1 Å². The van der Waals surface area contributed by atoms with Gasteiger partial charge < -0.3 is 19.9 Å². The number of phenols is 1. The van der Waals surface area contributed by atoms with Crippen molar-refractivity contribution in [1.29, 1.82) is 0 Å². The van der Waals surface area contributed by atoms with Gasteiger partial charge in [0.1, 0.15) is 0 Å². The van der Waals surface area contributed by atoms with Crippen LogP contribution in [-0.2, 0) is 14.3 Å². The Morgan fingerprint density at radius 2 is 2.00 bits per heavy atom. The number of carbonyl (C=O) groups excluding carboxylic acids is 2. The molecule has 1 aliphatic carbocycles. The average Bonchev–Trinajstić information content (AvgIpc) is 2.68. The predicted octanol–water partition coefficient (Wildman–Crippen LogP) is 4.74. The fourth-order valence-electron chi connectivity index (χ4n) is 4.41. The number of dihydropyridines is 1. The highest BCUT2D eigenvalue weighted by molar-refractivity contribution is 6.04. The molecule has 0 amide bonds. The van der Waals surface area contributed by atoms with Gasteiger partial charge in [0.25, 0.3) is 0 Å². The van der Waals surface area contributed by atoms with E-state index in [1.807, 2.05) is 20.8 Å². The number of nitrogens with one attached hydrogen (secondary N) is 1. The van der Waals surface area contributed by atoms with Crippen molar-refractivity contribution in [2.75, 3.05) is 13.2 Å². The summed E-state index contributed by atoms with van der Waals surface area (Å²) in [6, 6.07) is 5.02. The van der Waals surface area contributed by atoms with Crippen LogP contribution in [0.25, 0.3) is 0 Å².